The van der Waals surface area contributed by atoms with Crippen LogP contribution in [0.4, 0.5) is 0 Å². The number of benzene rings is 2. The summed E-state index contributed by atoms with van der Waals surface area (Å²) in [6.07, 6.45) is 0. The lowest BCUT2D eigenvalue weighted by Crippen LogP contribution is -2.23. The minimum absolute atomic E-state index is 0.0158. The molecule has 0 heterocycles. The number of methoxy groups -OCH3 is 1. The van der Waals surface area contributed by atoms with Gasteiger partial charge in [-0.1, -0.05) is 24.3 Å². The molecule has 1 atom stereocenters. The van der Waals surface area contributed by atoms with Crippen LogP contribution in [0.5, 0.6) is 5.75 Å². The zero-order chi connectivity index (χ0) is 16.3. The molecule has 0 aliphatic rings. The van der Waals surface area contributed by atoms with E-state index in [4.69, 9.17) is 4.74 Å². The molecule has 2 rings (SSSR count). The molecule has 0 aromatic heterocycles. The number of amides is 1. The zero-order valence-electron chi connectivity index (χ0n) is 13.9. The summed E-state index contributed by atoms with van der Waals surface area (Å²) in [5.41, 5.74) is 5.70. The van der Waals surface area contributed by atoms with E-state index in [2.05, 4.69) is 55.6 Å². The fraction of sp³-hybridized carbons (Fsp3) is 0.316. The number of carbonyl (C=O) groups excluding carboxylic acids is 1. The maximum atomic E-state index is 11.1. The van der Waals surface area contributed by atoms with Gasteiger partial charge in [-0.05, 0) is 60.7 Å². The van der Waals surface area contributed by atoms with Crippen LogP contribution in [0.15, 0.2) is 36.4 Å². The number of rotatable bonds is 4. The van der Waals surface area contributed by atoms with Crippen molar-refractivity contribution in [3.05, 3.63) is 53.1 Å². The third-order valence-electron chi connectivity index (χ3n) is 3.83. The Labute approximate surface area is 132 Å². The summed E-state index contributed by atoms with van der Waals surface area (Å²) < 4.78 is 5.41. The summed E-state index contributed by atoms with van der Waals surface area (Å²) in [5.74, 6) is 0.928. The zero-order valence-corrected chi connectivity index (χ0v) is 13.9. The Bertz CT molecular complexity index is 651. The van der Waals surface area contributed by atoms with Crippen molar-refractivity contribution in [1.29, 1.82) is 0 Å². The highest BCUT2D eigenvalue weighted by atomic mass is 16.5. The molecule has 1 unspecified atom stereocenters. The van der Waals surface area contributed by atoms with E-state index < -0.39 is 0 Å². The predicted octanol–water partition coefficient (Wildman–Crippen LogP) is 4.18. The molecule has 116 valence electrons. The number of aryl methyl sites for hydroxylation is 2. The molecular formula is C19H23NO2. The van der Waals surface area contributed by atoms with Crippen LogP contribution in [0.2, 0.25) is 0 Å². The molecule has 0 aliphatic carbocycles. The van der Waals surface area contributed by atoms with Crippen LogP contribution < -0.4 is 10.1 Å². The van der Waals surface area contributed by atoms with Crippen LogP contribution in [0, 0.1) is 13.8 Å². The van der Waals surface area contributed by atoms with E-state index in [0.29, 0.717) is 0 Å². The van der Waals surface area contributed by atoms with Crippen molar-refractivity contribution >= 4 is 5.91 Å². The molecule has 0 aliphatic heterocycles. The van der Waals surface area contributed by atoms with Crippen LogP contribution in [0.25, 0.3) is 11.1 Å². The minimum Gasteiger partial charge on any atom is -0.496 e. The van der Waals surface area contributed by atoms with Gasteiger partial charge in [0.15, 0.2) is 0 Å². The Morgan fingerprint density at radius 1 is 1.05 bits per heavy atom. The van der Waals surface area contributed by atoms with Crippen LogP contribution in [-0.4, -0.2) is 13.0 Å². The average Bonchev–Trinajstić information content (AvgIpc) is 2.46. The lowest BCUT2D eigenvalue weighted by molar-refractivity contribution is -0.119. The van der Waals surface area contributed by atoms with Gasteiger partial charge in [0.25, 0.3) is 0 Å². The van der Waals surface area contributed by atoms with Gasteiger partial charge < -0.3 is 10.1 Å². The van der Waals surface area contributed by atoms with Crippen molar-refractivity contribution in [1.82, 2.24) is 5.32 Å². The first-order chi connectivity index (χ1) is 10.4. The Morgan fingerprint density at radius 2 is 1.59 bits per heavy atom. The maximum Gasteiger partial charge on any atom is 0.217 e. The molecule has 1 amide bonds. The summed E-state index contributed by atoms with van der Waals surface area (Å²) in [5, 5.41) is 2.90. The van der Waals surface area contributed by atoms with E-state index >= 15 is 0 Å². The average molecular weight is 297 g/mol. The van der Waals surface area contributed by atoms with E-state index in [-0.39, 0.29) is 11.9 Å². The first-order valence-electron chi connectivity index (χ1n) is 7.45. The van der Waals surface area contributed by atoms with Crippen molar-refractivity contribution in [2.45, 2.75) is 33.7 Å². The predicted molar refractivity (Wildman–Crippen MR) is 90.1 cm³/mol. The Balaban J connectivity index is 2.29. The van der Waals surface area contributed by atoms with E-state index in [1.807, 2.05) is 6.92 Å². The normalized spacial score (nSPS) is 11.9. The maximum absolute atomic E-state index is 11.1. The molecule has 0 bridgehead atoms. The fourth-order valence-corrected chi connectivity index (χ4v) is 2.79. The largest absolute Gasteiger partial charge is 0.496 e. The Hall–Kier alpha value is -2.29. The van der Waals surface area contributed by atoms with Gasteiger partial charge in [0.05, 0.1) is 13.2 Å². The van der Waals surface area contributed by atoms with Crippen molar-refractivity contribution in [3.8, 4) is 16.9 Å². The molecule has 3 heteroatoms. The van der Waals surface area contributed by atoms with Gasteiger partial charge in [0, 0.05) is 6.92 Å². The Kier molecular flexibility index (Phi) is 4.86. The minimum atomic E-state index is -0.0158. The van der Waals surface area contributed by atoms with E-state index in [0.717, 1.165) is 28.0 Å². The third-order valence-corrected chi connectivity index (χ3v) is 3.83. The monoisotopic (exact) mass is 297 g/mol. The molecule has 3 nitrogen and oxygen atoms in total. The van der Waals surface area contributed by atoms with E-state index in [1.54, 1.807) is 7.11 Å². The lowest BCUT2D eigenvalue weighted by atomic mass is 9.97. The number of ether oxygens (including phenoxy) is 1. The number of nitrogens with one attached hydrogen (secondary N) is 1. The van der Waals surface area contributed by atoms with Crippen LogP contribution in [0.3, 0.4) is 0 Å². The number of hydrogen-bond donors (Lipinski definition) is 1. The molecule has 2 aromatic rings. The van der Waals surface area contributed by atoms with Gasteiger partial charge in [0.1, 0.15) is 5.75 Å². The quantitative estimate of drug-likeness (QED) is 0.919. The second-order valence-electron chi connectivity index (χ2n) is 5.69. The molecule has 1 N–H and O–H groups in total. The Morgan fingerprint density at radius 3 is 2.05 bits per heavy atom. The molecule has 0 saturated carbocycles. The highest BCUT2D eigenvalue weighted by Crippen LogP contribution is 2.30. The van der Waals surface area contributed by atoms with Crippen LogP contribution in [0.1, 0.15) is 36.6 Å². The van der Waals surface area contributed by atoms with Gasteiger partial charge in [-0.3, -0.25) is 4.79 Å². The van der Waals surface area contributed by atoms with Crippen molar-refractivity contribution < 1.29 is 9.53 Å². The van der Waals surface area contributed by atoms with Gasteiger partial charge in [0.2, 0.25) is 5.91 Å². The summed E-state index contributed by atoms with van der Waals surface area (Å²) >= 11 is 0. The lowest BCUT2D eigenvalue weighted by Gasteiger charge is -2.14. The molecule has 0 radical (unpaired) electrons. The fourth-order valence-electron chi connectivity index (χ4n) is 2.79. The first kappa shape index (κ1) is 16.1. The van der Waals surface area contributed by atoms with E-state index in [9.17, 15) is 4.79 Å². The molecule has 0 fully saturated rings. The van der Waals surface area contributed by atoms with Crippen molar-refractivity contribution in [3.63, 3.8) is 0 Å². The summed E-state index contributed by atoms with van der Waals surface area (Å²) in [4.78, 5) is 11.1. The molecule has 2 aromatic carbocycles. The highest BCUT2D eigenvalue weighted by molar-refractivity contribution is 5.73. The molecule has 0 saturated heterocycles. The topological polar surface area (TPSA) is 38.3 Å². The molecule has 0 spiro atoms. The summed E-state index contributed by atoms with van der Waals surface area (Å²) in [7, 11) is 1.70. The molecular weight excluding hydrogens is 274 g/mol. The second kappa shape index (κ2) is 6.65. The number of hydrogen-bond acceptors (Lipinski definition) is 2. The SMILES string of the molecule is COc1c(C)cc(-c2ccc(C(C)NC(C)=O)cc2)cc1C. The van der Waals surface area contributed by atoms with Gasteiger partial charge >= 0.3 is 0 Å². The van der Waals surface area contributed by atoms with Crippen molar-refractivity contribution in [2.75, 3.05) is 7.11 Å². The molecule has 22 heavy (non-hydrogen) atoms. The van der Waals surface area contributed by atoms with Crippen LogP contribution >= 0.6 is 0 Å². The summed E-state index contributed by atoms with van der Waals surface area (Å²) in [6.45, 7) is 7.64. The highest BCUT2D eigenvalue weighted by Gasteiger charge is 2.09. The number of carbonyl (C=O) groups is 1. The van der Waals surface area contributed by atoms with Gasteiger partial charge in [-0.25, -0.2) is 0 Å². The third kappa shape index (κ3) is 3.48. The van der Waals surface area contributed by atoms with Crippen LogP contribution in [-0.2, 0) is 4.79 Å². The second-order valence-corrected chi connectivity index (χ2v) is 5.69. The summed E-state index contributed by atoms with van der Waals surface area (Å²) in [6, 6.07) is 12.6. The first-order valence-corrected chi connectivity index (χ1v) is 7.45. The van der Waals surface area contributed by atoms with Gasteiger partial charge in [-0.2, -0.15) is 0 Å². The van der Waals surface area contributed by atoms with Gasteiger partial charge in [-0.15, -0.1) is 0 Å². The van der Waals surface area contributed by atoms with E-state index in [1.165, 1.54) is 12.5 Å². The standard InChI is InChI=1S/C19H23NO2/c1-12-10-18(11-13(2)19(12)22-5)17-8-6-16(7-9-17)14(3)20-15(4)21/h6-11,14H,1-5H3,(H,20,21). The van der Waals surface area contributed by atoms with Crippen molar-refractivity contribution in [2.24, 2.45) is 0 Å². The smallest absolute Gasteiger partial charge is 0.217 e.